The van der Waals surface area contributed by atoms with Crippen molar-refractivity contribution >= 4 is 40.3 Å². The zero-order valence-electron chi connectivity index (χ0n) is 21.5. The summed E-state index contributed by atoms with van der Waals surface area (Å²) in [4.78, 5) is 9.26. The fourth-order valence-electron chi connectivity index (χ4n) is 5.67. The molecule has 6 nitrogen and oxygen atoms in total. The fraction of sp³-hybridized carbons (Fsp3) is 0.267. The smallest absolute Gasteiger partial charge is 0.174 e. The molecule has 2 fully saturated rings. The Kier molecular flexibility index (Phi) is 6.82. The van der Waals surface area contributed by atoms with Gasteiger partial charge in [-0.1, -0.05) is 17.7 Å². The normalized spacial score (nSPS) is 19.6. The number of pyridine rings is 1. The molecule has 2 unspecified atom stereocenters. The van der Waals surface area contributed by atoms with Crippen molar-refractivity contribution in [2.75, 3.05) is 36.1 Å². The van der Waals surface area contributed by atoms with Gasteiger partial charge in [-0.25, -0.2) is 0 Å². The monoisotopic (exact) mass is 543 g/mol. The number of anilines is 2. The predicted octanol–water partition coefficient (Wildman–Crippen LogP) is 6.16. The molecule has 4 heterocycles. The van der Waals surface area contributed by atoms with Crippen LogP contribution >= 0.6 is 23.8 Å². The maximum absolute atomic E-state index is 6.22. The van der Waals surface area contributed by atoms with Crippen LogP contribution in [0.25, 0.3) is 5.69 Å². The minimum atomic E-state index is -0.1000. The number of rotatable bonds is 5. The lowest BCUT2D eigenvalue weighted by molar-refractivity contribution is 0.122. The van der Waals surface area contributed by atoms with Gasteiger partial charge in [0.05, 0.1) is 31.0 Å². The average molecular weight is 544 g/mol. The van der Waals surface area contributed by atoms with E-state index < -0.39 is 0 Å². The van der Waals surface area contributed by atoms with E-state index in [1.807, 2.05) is 42.6 Å². The van der Waals surface area contributed by atoms with Gasteiger partial charge in [0.1, 0.15) is 0 Å². The summed E-state index contributed by atoms with van der Waals surface area (Å²) in [5, 5.41) is 4.93. The Balaban J connectivity index is 1.41. The van der Waals surface area contributed by atoms with Gasteiger partial charge in [-0.3, -0.25) is 4.98 Å². The number of hydrogen-bond donors (Lipinski definition) is 1. The van der Waals surface area contributed by atoms with Crippen molar-refractivity contribution in [3.63, 3.8) is 0 Å². The van der Waals surface area contributed by atoms with Crippen LogP contribution in [0.2, 0.25) is 5.02 Å². The molecule has 0 spiro atoms. The van der Waals surface area contributed by atoms with E-state index in [1.165, 1.54) is 22.6 Å². The Morgan fingerprint density at radius 2 is 1.61 bits per heavy atom. The van der Waals surface area contributed by atoms with Gasteiger partial charge in [0.15, 0.2) is 5.11 Å². The molecule has 38 heavy (non-hydrogen) atoms. The van der Waals surface area contributed by atoms with E-state index in [9.17, 15) is 0 Å². The minimum absolute atomic E-state index is 0.0776. The molecule has 2 saturated heterocycles. The molecular formula is C30H30ClN5OS. The summed E-state index contributed by atoms with van der Waals surface area (Å²) in [7, 11) is 0. The summed E-state index contributed by atoms with van der Waals surface area (Å²) >= 11 is 12.1. The molecule has 0 radical (unpaired) electrons. The maximum atomic E-state index is 6.22. The van der Waals surface area contributed by atoms with Crippen LogP contribution in [0.4, 0.5) is 11.4 Å². The first-order chi connectivity index (χ1) is 18.5. The van der Waals surface area contributed by atoms with E-state index in [1.54, 1.807) is 0 Å². The lowest BCUT2D eigenvalue weighted by Gasteiger charge is -2.29. The molecule has 2 aromatic heterocycles. The first-order valence-corrected chi connectivity index (χ1v) is 13.7. The van der Waals surface area contributed by atoms with Gasteiger partial charge in [-0.2, -0.15) is 0 Å². The van der Waals surface area contributed by atoms with Crippen LogP contribution in [0.5, 0.6) is 0 Å². The molecule has 194 valence electrons. The molecule has 2 atom stereocenters. The zero-order chi connectivity index (χ0) is 26.2. The third-order valence-corrected chi connectivity index (χ3v) is 8.04. The Bertz CT molecular complexity index is 1430. The second-order valence-electron chi connectivity index (χ2n) is 9.75. The van der Waals surface area contributed by atoms with Crippen LogP contribution in [0.1, 0.15) is 34.7 Å². The molecule has 0 amide bonds. The Hall–Kier alpha value is -3.39. The van der Waals surface area contributed by atoms with Crippen LogP contribution in [0.3, 0.4) is 0 Å². The van der Waals surface area contributed by atoms with E-state index in [0.717, 1.165) is 43.4 Å². The molecule has 0 aliphatic carbocycles. The Labute approximate surface area is 233 Å². The second kappa shape index (κ2) is 10.4. The van der Waals surface area contributed by atoms with Crippen molar-refractivity contribution in [2.24, 2.45) is 0 Å². The van der Waals surface area contributed by atoms with E-state index in [0.29, 0.717) is 10.1 Å². The molecule has 2 aliphatic heterocycles. The average Bonchev–Trinajstić information content (AvgIpc) is 3.45. The first kappa shape index (κ1) is 24.9. The molecule has 0 bridgehead atoms. The van der Waals surface area contributed by atoms with E-state index in [2.05, 4.69) is 69.9 Å². The molecule has 4 aromatic rings. The summed E-state index contributed by atoms with van der Waals surface area (Å²) in [6.07, 6.45) is 1.83. The van der Waals surface area contributed by atoms with Gasteiger partial charge in [-0.15, -0.1) is 0 Å². The van der Waals surface area contributed by atoms with Crippen LogP contribution in [0, 0.1) is 13.8 Å². The summed E-state index contributed by atoms with van der Waals surface area (Å²) in [5.74, 6) is 0. The molecule has 2 aromatic carbocycles. The quantitative estimate of drug-likeness (QED) is 0.304. The van der Waals surface area contributed by atoms with E-state index >= 15 is 0 Å². The van der Waals surface area contributed by atoms with Gasteiger partial charge in [0.25, 0.3) is 0 Å². The number of aromatic nitrogens is 2. The Morgan fingerprint density at radius 1 is 0.921 bits per heavy atom. The highest BCUT2D eigenvalue weighted by Crippen LogP contribution is 2.44. The van der Waals surface area contributed by atoms with Crippen molar-refractivity contribution < 1.29 is 4.74 Å². The molecular weight excluding hydrogens is 514 g/mol. The van der Waals surface area contributed by atoms with Crippen molar-refractivity contribution in [1.29, 1.82) is 0 Å². The van der Waals surface area contributed by atoms with Crippen molar-refractivity contribution in [2.45, 2.75) is 25.9 Å². The summed E-state index contributed by atoms with van der Waals surface area (Å²) in [6.45, 7) is 7.76. The standard InChI is InChI=1S/C30H30ClN5OS/c1-20-19-26(21(2)35(20)24-12-10-23(11-13-24)34-15-17-37-18-16-34)29-28(27-5-3-4-14-32-27)33-30(38)36(29)25-8-6-22(31)7-9-25/h3-14,19,28-29H,15-18H2,1-2H3,(H,33,38). The zero-order valence-corrected chi connectivity index (χ0v) is 23.0. The number of halogens is 1. The number of morpholine rings is 1. The van der Waals surface area contributed by atoms with Gasteiger partial charge in [0, 0.05) is 52.8 Å². The third kappa shape index (κ3) is 4.55. The number of benzene rings is 2. The lowest BCUT2D eigenvalue weighted by Crippen LogP contribution is -2.36. The number of hydrogen-bond acceptors (Lipinski definition) is 4. The van der Waals surface area contributed by atoms with Crippen LogP contribution < -0.4 is 15.1 Å². The van der Waals surface area contributed by atoms with Crippen molar-refractivity contribution in [1.82, 2.24) is 14.9 Å². The minimum Gasteiger partial charge on any atom is -0.378 e. The highest BCUT2D eigenvalue weighted by molar-refractivity contribution is 7.80. The number of aryl methyl sites for hydroxylation is 1. The molecule has 0 saturated carbocycles. The number of thiocarbonyl (C=S) groups is 1. The fourth-order valence-corrected chi connectivity index (χ4v) is 6.14. The van der Waals surface area contributed by atoms with E-state index in [-0.39, 0.29) is 12.1 Å². The highest BCUT2D eigenvalue weighted by atomic mass is 35.5. The van der Waals surface area contributed by atoms with Crippen molar-refractivity contribution in [3.05, 3.63) is 107 Å². The number of nitrogens with zero attached hydrogens (tertiary/aromatic N) is 4. The van der Waals surface area contributed by atoms with Crippen LogP contribution in [0.15, 0.2) is 79.0 Å². The molecule has 2 aliphatic rings. The topological polar surface area (TPSA) is 45.6 Å². The molecule has 6 rings (SSSR count). The van der Waals surface area contributed by atoms with Crippen LogP contribution in [-0.2, 0) is 4.74 Å². The van der Waals surface area contributed by atoms with Crippen LogP contribution in [-0.4, -0.2) is 41.0 Å². The summed E-state index contributed by atoms with van der Waals surface area (Å²) < 4.78 is 7.85. The lowest BCUT2D eigenvalue weighted by atomic mass is 9.96. The van der Waals surface area contributed by atoms with Gasteiger partial charge >= 0.3 is 0 Å². The summed E-state index contributed by atoms with van der Waals surface area (Å²) in [6, 6.07) is 24.8. The number of nitrogens with one attached hydrogen (secondary N) is 1. The van der Waals surface area contributed by atoms with Gasteiger partial charge in [-0.05, 0) is 98.4 Å². The van der Waals surface area contributed by atoms with Gasteiger partial charge in [0.2, 0.25) is 0 Å². The first-order valence-electron chi connectivity index (χ1n) is 12.9. The number of ether oxygens (including phenoxy) is 1. The maximum Gasteiger partial charge on any atom is 0.174 e. The Morgan fingerprint density at radius 3 is 2.29 bits per heavy atom. The second-order valence-corrected chi connectivity index (χ2v) is 10.6. The predicted molar refractivity (Wildman–Crippen MR) is 158 cm³/mol. The summed E-state index contributed by atoms with van der Waals surface area (Å²) in [5.41, 5.74) is 7.88. The third-order valence-electron chi connectivity index (χ3n) is 7.48. The SMILES string of the molecule is Cc1cc(C2C(c3ccccn3)NC(=S)N2c2ccc(Cl)cc2)c(C)n1-c1ccc(N2CCOCC2)cc1. The molecule has 1 N–H and O–H groups in total. The highest BCUT2D eigenvalue weighted by Gasteiger charge is 2.42. The largest absolute Gasteiger partial charge is 0.378 e. The van der Waals surface area contributed by atoms with Gasteiger partial charge < -0.3 is 24.4 Å². The molecule has 8 heteroatoms. The van der Waals surface area contributed by atoms with Crippen molar-refractivity contribution in [3.8, 4) is 5.69 Å². The van der Waals surface area contributed by atoms with E-state index in [4.69, 9.17) is 33.5 Å².